The second kappa shape index (κ2) is 4.87. The Balaban J connectivity index is 2.18. The molecule has 0 atom stereocenters. The first-order valence-electron chi connectivity index (χ1n) is 6.83. The van der Waals surface area contributed by atoms with Gasteiger partial charge in [-0.3, -0.25) is 10.1 Å². The first-order valence-corrected chi connectivity index (χ1v) is 6.83. The molecule has 3 rings (SSSR count). The zero-order valence-electron chi connectivity index (χ0n) is 12.3. The first kappa shape index (κ1) is 14.1. The molecule has 1 aromatic heterocycles. The van der Waals surface area contributed by atoms with Crippen LogP contribution in [0.3, 0.4) is 0 Å². The minimum atomic E-state index is -0.494. The number of benzene rings is 1. The van der Waals surface area contributed by atoms with Crippen LogP contribution >= 0.6 is 0 Å². The summed E-state index contributed by atoms with van der Waals surface area (Å²) in [7, 11) is 0. The fourth-order valence-electron chi connectivity index (χ4n) is 2.54. The number of aromatic nitrogens is 1. The number of pyridine rings is 1. The van der Waals surface area contributed by atoms with E-state index in [1.54, 1.807) is 6.20 Å². The summed E-state index contributed by atoms with van der Waals surface area (Å²) in [5, 5.41) is 11.1. The standard InChI is InChI=1S/C15H16N4O3/c1-15(2)9-18(14-5-3-4-6-17-14)12-8-11(19(20)21)10(16)7-13(12)22-15/h3-8H,9,16H2,1-2H3. The number of nitrogen functional groups attached to an aromatic ring is 1. The average Bonchev–Trinajstić information content (AvgIpc) is 2.45. The van der Waals surface area contributed by atoms with E-state index in [0.717, 1.165) is 0 Å². The number of hydrogen-bond acceptors (Lipinski definition) is 6. The van der Waals surface area contributed by atoms with Crippen molar-refractivity contribution in [3.05, 3.63) is 46.6 Å². The lowest BCUT2D eigenvalue weighted by Gasteiger charge is -2.40. The van der Waals surface area contributed by atoms with Gasteiger partial charge in [0.05, 0.1) is 17.2 Å². The van der Waals surface area contributed by atoms with Gasteiger partial charge >= 0.3 is 0 Å². The van der Waals surface area contributed by atoms with Crippen LogP contribution in [0, 0.1) is 10.1 Å². The van der Waals surface area contributed by atoms with Crippen LogP contribution in [0.1, 0.15) is 13.8 Å². The number of nitro benzene ring substituents is 1. The highest BCUT2D eigenvalue weighted by Gasteiger charge is 2.35. The molecule has 0 fully saturated rings. The lowest BCUT2D eigenvalue weighted by atomic mass is 10.0. The summed E-state index contributed by atoms with van der Waals surface area (Å²) < 4.78 is 5.91. The normalized spacial score (nSPS) is 15.8. The maximum atomic E-state index is 11.1. The van der Waals surface area contributed by atoms with Crippen LogP contribution in [0.2, 0.25) is 0 Å². The van der Waals surface area contributed by atoms with E-state index >= 15 is 0 Å². The Morgan fingerprint density at radius 3 is 2.82 bits per heavy atom. The van der Waals surface area contributed by atoms with Gasteiger partial charge in [-0.15, -0.1) is 0 Å². The highest BCUT2D eigenvalue weighted by atomic mass is 16.6. The highest BCUT2D eigenvalue weighted by Crippen LogP contribution is 2.44. The molecule has 0 amide bonds. The van der Waals surface area contributed by atoms with E-state index in [1.807, 2.05) is 36.9 Å². The van der Waals surface area contributed by atoms with E-state index in [1.165, 1.54) is 12.1 Å². The third-order valence-corrected chi connectivity index (χ3v) is 3.45. The maximum absolute atomic E-state index is 11.1. The minimum Gasteiger partial charge on any atom is -0.484 e. The molecule has 114 valence electrons. The van der Waals surface area contributed by atoms with Crippen molar-refractivity contribution >= 4 is 22.9 Å². The predicted octanol–water partition coefficient (Wildman–Crippen LogP) is 2.88. The summed E-state index contributed by atoms with van der Waals surface area (Å²) >= 11 is 0. The zero-order chi connectivity index (χ0) is 15.9. The Bertz CT molecular complexity index is 731. The minimum absolute atomic E-state index is 0.0856. The van der Waals surface area contributed by atoms with Crippen molar-refractivity contribution in [3.63, 3.8) is 0 Å². The van der Waals surface area contributed by atoms with Gasteiger partial charge in [-0.2, -0.15) is 0 Å². The molecule has 0 aliphatic carbocycles. The number of hydrogen-bond donors (Lipinski definition) is 1. The Labute approximate surface area is 127 Å². The highest BCUT2D eigenvalue weighted by molar-refractivity contribution is 5.77. The smallest absolute Gasteiger partial charge is 0.294 e. The van der Waals surface area contributed by atoms with Gasteiger partial charge in [-0.1, -0.05) is 6.07 Å². The topological polar surface area (TPSA) is 94.5 Å². The van der Waals surface area contributed by atoms with Gasteiger partial charge in [0.2, 0.25) is 0 Å². The molecule has 1 aliphatic rings. The number of nitro groups is 1. The third-order valence-electron chi connectivity index (χ3n) is 3.45. The fourth-order valence-corrected chi connectivity index (χ4v) is 2.54. The van der Waals surface area contributed by atoms with Crippen molar-refractivity contribution < 1.29 is 9.66 Å². The van der Waals surface area contributed by atoms with Crippen LogP contribution in [0.15, 0.2) is 36.5 Å². The van der Waals surface area contributed by atoms with Gasteiger partial charge in [0, 0.05) is 18.3 Å². The number of ether oxygens (including phenoxy) is 1. The Morgan fingerprint density at radius 2 is 2.18 bits per heavy atom. The Kier molecular flexibility index (Phi) is 3.13. The third kappa shape index (κ3) is 2.41. The van der Waals surface area contributed by atoms with E-state index in [2.05, 4.69) is 4.98 Å². The first-order chi connectivity index (χ1) is 10.4. The second-order valence-electron chi connectivity index (χ2n) is 5.77. The second-order valence-corrected chi connectivity index (χ2v) is 5.77. The number of anilines is 3. The van der Waals surface area contributed by atoms with Crippen LogP contribution in [-0.2, 0) is 0 Å². The summed E-state index contributed by atoms with van der Waals surface area (Å²) in [6.45, 7) is 4.42. The SMILES string of the molecule is CC1(C)CN(c2ccccn2)c2cc([N+](=O)[O-])c(N)cc2O1. The van der Waals surface area contributed by atoms with Gasteiger partial charge < -0.3 is 15.4 Å². The molecule has 1 aliphatic heterocycles. The number of fused-ring (bicyclic) bond motifs is 1. The maximum Gasteiger partial charge on any atom is 0.294 e. The molecule has 0 bridgehead atoms. The molecular weight excluding hydrogens is 284 g/mol. The van der Waals surface area contributed by atoms with Crippen LogP contribution in [0.25, 0.3) is 0 Å². The van der Waals surface area contributed by atoms with Crippen molar-refractivity contribution in [1.29, 1.82) is 0 Å². The van der Waals surface area contributed by atoms with E-state index in [4.69, 9.17) is 10.5 Å². The lowest BCUT2D eigenvalue weighted by molar-refractivity contribution is -0.383. The molecule has 7 heteroatoms. The molecule has 0 radical (unpaired) electrons. The van der Waals surface area contributed by atoms with Gasteiger partial charge in [-0.25, -0.2) is 4.98 Å². The molecule has 2 aromatic rings. The van der Waals surface area contributed by atoms with Crippen LogP contribution < -0.4 is 15.4 Å². The van der Waals surface area contributed by atoms with Crippen molar-refractivity contribution in [3.8, 4) is 5.75 Å². The van der Waals surface area contributed by atoms with Crippen LogP contribution in [0.4, 0.5) is 22.9 Å². The van der Waals surface area contributed by atoms with Gasteiger partial charge in [-0.05, 0) is 26.0 Å². The van der Waals surface area contributed by atoms with E-state index in [0.29, 0.717) is 23.8 Å². The van der Waals surface area contributed by atoms with Crippen LogP contribution in [0.5, 0.6) is 5.75 Å². The Morgan fingerprint density at radius 1 is 1.41 bits per heavy atom. The molecule has 2 N–H and O–H groups in total. The molecule has 0 unspecified atom stereocenters. The number of nitrogens with zero attached hydrogens (tertiary/aromatic N) is 3. The van der Waals surface area contributed by atoms with Crippen molar-refractivity contribution in [2.45, 2.75) is 19.4 Å². The fraction of sp³-hybridized carbons (Fsp3) is 0.267. The molecule has 0 saturated carbocycles. The number of rotatable bonds is 2. The largest absolute Gasteiger partial charge is 0.484 e. The summed E-state index contributed by atoms with van der Waals surface area (Å²) in [6.07, 6.45) is 1.68. The van der Waals surface area contributed by atoms with Crippen molar-refractivity contribution in [1.82, 2.24) is 4.98 Å². The van der Waals surface area contributed by atoms with E-state index in [-0.39, 0.29) is 11.4 Å². The quantitative estimate of drug-likeness (QED) is 0.520. The summed E-state index contributed by atoms with van der Waals surface area (Å²) in [6, 6.07) is 8.49. The van der Waals surface area contributed by atoms with Gasteiger partial charge in [0.1, 0.15) is 22.9 Å². The molecule has 22 heavy (non-hydrogen) atoms. The van der Waals surface area contributed by atoms with Crippen molar-refractivity contribution in [2.75, 3.05) is 17.2 Å². The summed E-state index contributed by atoms with van der Waals surface area (Å²) in [5.41, 5.74) is 5.84. The molecule has 7 nitrogen and oxygen atoms in total. The van der Waals surface area contributed by atoms with E-state index < -0.39 is 10.5 Å². The predicted molar refractivity (Wildman–Crippen MR) is 83.5 cm³/mol. The van der Waals surface area contributed by atoms with Gasteiger partial charge in [0.25, 0.3) is 5.69 Å². The van der Waals surface area contributed by atoms with Crippen molar-refractivity contribution in [2.24, 2.45) is 0 Å². The Hall–Kier alpha value is -2.83. The van der Waals surface area contributed by atoms with Gasteiger partial charge in [0.15, 0.2) is 0 Å². The lowest BCUT2D eigenvalue weighted by Crippen LogP contribution is -2.45. The van der Waals surface area contributed by atoms with E-state index in [9.17, 15) is 10.1 Å². The average molecular weight is 300 g/mol. The number of nitrogens with two attached hydrogens (primary N) is 1. The summed E-state index contributed by atoms with van der Waals surface area (Å²) in [5.74, 6) is 1.23. The molecular formula is C15H16N4O3. The molecule has 0 saturated heterocycles. The molecule has 1 aromatic carbocycles. The summed E-state index contributed by atoms with van der Waals surface area (Å²) in [4.78, 5) is 16.9. The van der Waals surface area contributed by atoms with Crippen LogP contribution in [-0.4, -0.2) is 22.1 Å². The monoisotopic (exact) mass is 300 g/mol. The molecule has 0 spiro atoms. The zero-order valence-corrected chi connectivity index (χ0v) is 12.3. The molecule has 2 heterocycles.